The highest BCUT2D eigenvalue weighted by Gasteiger charge is 2.28. The molecule has 0 atom stereocenters. The highest BCUT2D eigenvalue weighted by Crippen LogP contribution is 2.39. The topological polar surface area (TPSA) is 26.3 Å². The Balaban J connectivity index is 1.56. The average Bonchev–Trinajstić information content (AvgIpc) is 2.74. The van der Waals surface area contributed by atoms with E-state index in [4.69, 9.17) is 4.74 Å². The Morgan fingerprint density at radius 3 is 2.18 bits per heavy atom. The zero-order valence-corrected chi connectivity index (χ0v) is 18.1. The van der Waals surface area contributed by atoms with Crippen LogP contribution in [-0.4, -0.2) is 12.1 Å². The molecule has 0 spiro atoms. The first-order valence-corrected chi connectivity index (χ1v) is 12.0. The Labute approximate surface area is 172 Å². The molecule has 2 saturated carbocycles. The molecule has 0 saturated heterocycles. The van der Waals surface area contributed by atoms with Crippen LogP contribution in [0.25, 0.3) is 0 Å². The zero-order chi connectivity index (χ0) is 19.8. The summed E-state index contributed by atoms with van der Waals surface area (Å²) in [4.78, 5) is 13.0. The highest BCUT2D eigenvalue weighted by molar-refractivity contribution is 5.91. The van der Waals surface area contributed by atoms with Crippen molar-refractivity contribution in [2.45, 2.75) is 109 Å². The first kappa shape index (κ1) is 21.4. The third kappa shape index (κ3) is 5.84. The smallest absolute Gasteiger partial charge is 0.338 e. The van der Waals surface area contributed by atoms with E-state index in [0.29, 0.717) is 5.92 Å². The average molecular weight is 385 g/mol. The molecular formula is C26H40O2. The van der Waals surface area contributed by atoms with E-state index in [-0.39, 0.29) is 12.1 Å². The van der Waals surface area contributed by atoms with Crippen molar-refractivity contribution in [2.75, 3.05) is 0 Å². The number of ether oxygens (including phenoxy) is 1. The molecule has 0 aliphatic heterocycles. The van der Waals surface area contributed by atoms with E-state index in [0.717, 1.165) is 30.2 Å². The lowest BCUT2D eigenvalue weighted by Crippen LogP contribution is -2.25. The van der Waals surface area contributed by atoms with E-state index in [2.05, 4.69) is 26.0 Å². The van der Waals surface area contributed by atoms with E-state index >= 15 is 0 Å². The first-order chi connectivity index (χ1) is 13.7. The summed E-state index contributed by atoms with van der Waals surface area (Å²) in [7, 11) is 0. The van der Waals surface area contributed by atoms with Gasteiger partial charge in [-0.2, -0.15) is 0 Å². The monoisotopic (exact) mass is 384 g/mol. The van der Waals surface area contributed by atoms with Gasteiger partial charge in [0.15, 0.2) is 0 Å². The maximum atomic E-state index is 13.0. The van der Waals surface area contributed by atoms with Crippen molar-refractivity contribution in [3.63, 3.8) is 0 Å². The molecule has 2 fully saturated rings. The summed E-state index contributed by atoms with van der Waals surface area (Å²) in [5, 5.41) is 0. The van der Waals surface area contributed by atoms with Crippen LogP contribution in [0.15, 0.2) is 24.3 Å². The SMILES string of the molecule is CCCC[C@H]1CC[C@H](c2ccccc2C(=O)O[C@H]2CC[C@H](CCC)CC2)CC1. The molecule has 2 nitrogen and oxygen atoms in total. The van der Waals surface area contributed by atoms with Crippen LogP contribution in [0.2, 0.25) is 0 Å². The minimum absolute atomic E-state index is 0.0809. The van der Waals surface area contributed by atoms with Crippen molar-refractivity contribution >= 4 is 5.97 Å². The molecule has 0 bridgehead atoms. The fourth-order valence-corrected chi connectivity index (χ4v) is 5.46. The summed E-state index contributed by atoms with van der Waals surface area (Å²) in [5.74, 6) is 2.19. The van der Waals surface area contributed by atoms with Crippen LogP contribution in [0.5, 0.6) is 0 Å². The molecule has 0 amide bonds. The molecule has 0 unspecified atom stereocenters. The molecule has 3 rings (SSSR count). The van der Waals surface area contributed by atoms with Crippen molar-refractivity contribution in [3.8, 4) is 0 Å². The van der Waals surface area contributed by atoms with Gasteiger partial charge in [0, 0.05) is 0 Å². The first-order valence-electron chi connectivity index (χ1n) is 12.0. The summed E-state index contributed by atoms with van der Waals surface area (Å²) < 4.78 is 5.97. The lowest BCUT2D eigenvalue weighted by Gasteiger charge is -2.31. The fourth-order valence-electron chi connectivity index (χ4n) is 5.46. The van der Waals surface area contributed by atoms with Crippen LogP contribution in [-0.2, 0) is 4.74 Å². The lowest BCUT2D eigenvalue weighted by molar-refractivity contribution is 0.0159. The lowest BCUT2D eigenvalue weighted by atomic mass is 9.76. The molecule has 1 aromatic carbocycles. The van der Waals surface area contributed by atoms with Gasteiger partial charge >= 0.3 is 5.97 Å². The standard InChI is InChI=1S/C26H40O2/c1-3-5-9-21-12-16-22(17-13-21)24-10-6-7-11-25(24)26(27)28-23-18-14-20(8-4-2)15-19-23/h6-7,10-11,20-23H,3-5,8-9,12-19H2,1-2H3/t20-,21-,22-,23-. The van der Waals surface area contributed by atoms with Crippen molar-refractivity contribution in [3.05, 3.63) is 35.4 Å². The van der Waals surface area contributed by atoms with Gasteiger partial charge in [-0.25, -0.2) is 4.79 Å². The van der Waals surface area contributed by atoms with Crippen molar-refractivity contribution < 1.29 is 9.53 Å². The third-order valence-electron chi connectivity index (χ3n) is 7.20. The molecule has 0 aromatic heterocycles. The Hall–Kier alpha value is -1.31. The molecule has 0 radical (unpaired) electrons. The second-order valence-electron chi connectivity index (χ2n) is 9.28. The Kier molecular flexibility index (Phi) is 8.43. The molecule has 28 heavy (non-hydrogen) atoms. The number of hydrogen-bond acceptors (Lipinski definition) is 2. The van der Waals surface area contributed by atoms with Crippen molar-refractivity contribution in [1.82, 2.24) is 0 Å². The predicted molar refractivity (Wildman–Crippen MR) is 117 cm³/mol. The Morgan fingerprint density at radius 1 is 0.857 bits per heavy atom. The zero-order valence-electron chi connectivity index (χ0n) is 18.1. The Morgan fingerprint density at radius 2 is 1.50 bits per heavy atom. The van der Waals surface area contributed by atoms with Crippen molar-refractivity contribution in [2.24, 2.45) is 11.8 Å². The van der Waals surface area contributed by atoms with Crippen LogP contribution >= 0.6 is 0 Å². The van der Waals surface area contributed by atoms with E-state index in [1.165, 1.54) is 76.2 Å². The van der Waals surface area contributed by atoms with Crippen LogP contribution in [0.3, 0.4) is 0 Å². The van der Waals surface area contributed by atoms with Crippen LogP contribution in [0, 0.1) is 11.8 Å². The number of hydrogen-bond donors (Lipinski definition) is 0. The molecule has 2 aliphatic carbocycles. The number of benzene rings is 1. The van der Waals surface area contributed by atoms with Gasteiger partial charge in [-0.05, 0) is 80.8 Å². The summed E-state index contributed by atoms with van der Waals surface area (Å²) >= 11 is 0. The molecule has 156 valence electrons. The normalized spacial score (nSPS) is 28.1. The van der Waals surface area contributed by atoms with Crippen LogP contribution in [0.1, 0.15) is 119 Å². The molecule has 2 aliphatic rings. The Bertz CT molecular complexity index is 592. The number of esters is 1. The maximum absolute atomic E-state index is 13.0. The van der Waals surface area contributed by atoms with E-state index in [1.807, 2.05) is 12.1 Å². The summed E-state index contributed by atoms with van der Waals surface area (Å²) in [6, 6.07) is 8.24. The largest absolute Gasteiger partial charge is 0.459 e. The third-order valence-corrected chi connectivity index (χ3v) is 7.20. The van der Waals surface area contributed by atoms with Gasteiger partial charge in [0.2, 0.25) is 0 Å². The minimum Gasteiger partial charge on any atom is -0.459 e. The quantitative estimate of drug-likeness (QED) is 0.430. The number of unbranched alkanes of at least 4 members (excludes halogenated alkanes) is 1. The molecule has 0 N–H and O–H groups in total. The van der Waals surface area contributed by atoms with E-state index < -0.39 is 0 Å². The highest BCUT2D eigenvalue weighted by atomic mass is 16.5. The molecule has 0 heterocycles. The van der Waals surface area contributed by atoms with Gasteiger partial charge in [0.1, 0.15) is 6.10 Å². The summed E-state index contributed by atoms with van der Waals surface area (Å²) in [6.07, 6.45) is 16.4. The molecule has 2 heteroatoms. The van der Waals surface area contributed by atoms with E-state index in [1.54, 1.807) is 0 Å². The summed E-state index contributed by atoms with van der Waals surface area (Å²) in [5.41, 5.74) is 2.07. The van der Waals surface area contributed by atoms with E-state index in [9.17, 15) is 4.79 Å². The predicted octanol–water partition coefficient (Wildman–Crippen LogP) is 7.67. The fraction of sp³-hybridized carbons (Fsp3) is 0.731. The maximum Gasteiger partial charge on any atom is 0.338 e. The minimum atomic E-state index is -0.0809. The number of carbonyl (C=O) groups is 1. The number of carbonyl (C=O) groups excluding carboxylic acids is 1. The van der Waals surface area contributed by atoms with Gasteiger partial charge in [-0.15, -0.1) is 0 Å². The summed E-state index contributed by atoms with van der Waals surface area (Å²) in [6.45, 7) is 4.55. The van der Waals surface area contributed by atoms with Gasteiger partial charge in [0.05, 0.1) is 5.56 Å². The van der Waals surface area contributed by atoms with Crippen molar-refractivity contribution in [1.29, 1.82) is 0 Å². The van der Waals surface area contributed by atoms with Gasteiger partial charge in [-0.1, -0.05) is 64.2 Å². The molecular weight excluding hydrogens is 344 g/mol. The van der Waals surface area contributed by atoms with Gasteiger partial charge in [-0.3, -0.25) is 0 Å². The second-order valence-corrected chi connectivity index (χ2v) is 9.28. The van der Waals surface area contributed by atoms with Crippen LogP contribution < -0.4 is 0 Å². The second kappa shape index (κ2) is 11.0. The van der Waals surface area contributed by atoms with Gasteiger partial charge < -0.3 is 4.74 Å². The van der Waals surface area contributed by atoms with Crippen LogP contribution in [0.4, 0.5) is 0 Å². The molecule has 1 aromatic rings. The van der Waals surface area contributed by atoms with Gasteiger partial charge in [0.25, 0.3) is 0 Å². The number of rotatable bonds is 8.